The van der Waals surface area contributed by atoms with Gasteiger partial charge in [-0.1, -0.05) is 19.8 Å². The second kappa shape index (κ2) is 6.36. The number of carbonyl (C=O) groups excluding carboxylic acids is 1. The Balaban J connectivity index is 1.87. The van der Waals surface area contributed by atoms with E-state index >= 15 is 0 Å². The molecular weight excluding hydrogens is 238 g/mol. The second-order valence-corrected chi connectivity index (χ2v) is 6.93. The molecule has 0 radical (unpaired) electrons. The van der Waals surface area contributed by atoms with Crippen molar-refractivity contribution < 1.29 is 9.90 Å². The van der Waals surface area contributed by atoms with Crippen LogP contribution in [0, 0.1) is 11.8 Å². The Bertz CT molecular complexity index is 314. The molecule has 0 aromatic carbocycles. The summed E-state index contributed by atoms with van der Waals surface area (Å²) in [5, 5.41) is 10.1. The lowest BCUT2D eigenvalue weighted by Crippen LogP contribution is -2.48. The molecule has 3 heteroatoms. The van der Waals surface area contributed by atoms with E-state index in [-0.39, 0.29) is 5.92 Å². The molecule has 0 spiro atoms. The Hall–Kier alpha value is -0.410. The van der Waals surface area contributed by atoms with E-state index in [4.69, 9.17) is 0 Å². The molecule has 1 heterocycles. The number of Topliss-reactive ketones (excluding diaryl/α,β-unsaturated/α-hetero) is 1. The third kappa shape index (κ3) is 4.28. The van der Waals surface area contributed by atoms with Crippen LogP contribution < -0.4 is 0 Å². The Morgan fingerprint density at radius 2 is 2.26 bits per heavy atom. The third-order valence-electron chi connectivity index (χ3n) is 4.80. The van der Waals surface area contributed by atoms with Crippen LogP contribution in [0.1, 0.15) is 58.8 Å². The molecule has 3 nitrogen and oxygen atoms in total. The lowest BCUT2D eigenvalue weighted by molar-refractivity contribution is -0.127. The Labute approximate surface area is 117 Å². The van der Waals surface area contributed by atoms with Crippen molar-refractivity contribution in [1.29, 1.82) is 0 Å². The number of piperidine rings is 1. The number of hydrogen-bond acceptors (Lipinski definition) is 3. The van der Waals surface area contributed by atoms with Crippen molar-refractivity contribution in [2.45, 2.75) is 64.4 Å². The summed E-state index contributed by atoms with van der Waals surface area (Å²) in [4.78, 5) is 14.4. The number of likely N-dealkylation sites (tertiary alicyclic amines) is 1. The lowest BCUT2D eigenvalue weighted by atomic mass is 9.78. The normalized spacial score (nSPS) is 37.5. The molecule has 1 aliphatic carbocycles. The minimum atomic E-state index is -0.557. The first-order valence-electron chi connectivity index (χ1n) is 7.97. The van der Waals surface area contributed by atoms with Gasteiger partial charge in [-0.25, -0.2) is 0 Å². The molecule has 1 N–H and O–H groups in total. The maximum atomic E-state index is 12.1. The summed E-state index contributed by atoms with van der Waals surface area (Å²) in [6.45, 7) is 6.79. The zero-order valence-corrected chi connectivity index (χ0v) is 12.5. The molecule has 0 aromatic rings. The van der Waals surface area contributed by atoms with Gasteiger partial charge in [-0.05, 0) is 45.1 Å². The minimum Gasteiger partial charge on any atom is -0.389 e. The average Bonchev–Trinajstić information content (AvgIpc) is 2.32. The van der Waals surface area contributed by atoms with Crippen LogP contribution >= 0.6 is 0 Å². The molecule has 110 valence electrons. The first-order valence-corrected chi connectivity index (χ1v) is 7.97. The fourth-order valence-electron chi connectivity index (χ4n) is 3.84. The van der Waals surface area contributed by atoms with Gasteiger partial charge in [0.05, 0.1) is 5.60 Å². The summed E-state index contributed by atoms with van der Waals surface area (Å²) in [6, 6.07) is 0. The maximum absolute atomic E-state index is 12.1. The number of carbonyl (C=O) groups is 1. The van der Waals surface area contributed by atoms with Gasteiger partial charge in [-0.15, -0.1) is 0 Å². The number of aliphatic hydroxyl groups is 1. The first-order chi connectivity index (χ1) is 9.00. The fraction of sp³-hybridized carbons (Fsp3) is 0.938. The lowest BCUT2D eigenvalue weighted by Gasteiger charge is -2.39. The van der Waals surface area contributed by atoms with Gasteiger partial charge in [-0.3, -0.25) is 9.69 Å². The molecule has 19 heavy (non-hydrogen) atoms. The number of nitrogens with zero attached hydrogens (tertiary/aromatic N) is 1. The monoisotopic (exact) mass is 267 g/mol. The highest BCUT2D eigenvalue weighted by atomic mass is 16.3. The van der Waals surface area contributed by atoms with Gasteiger partial charge in [0.2, 0.25) is 0 Å². The number of ketones is 1. The first kappa shape index (κ1) is 15.0. The highest BCUT2D eigenvalue weighted by Gasteiger charge is 2.33. The van der Waals surface area contributed by atoms with Gasteiger partial charge in [0.25, 0.3) is 0 Å². The Morgan fingerprint density at radius 1 is 1.47 bits per heavy atom. The van der Waals surface area contributed by atoms with Crippen LogP contribution in [0.15, 0.2) is 0 Å². The summed E-state index contributed by atoms with van der Waals surface area (Å²) in [6.07, 6.45) is 7.38. The van der Waals surface area contributed by atoms with E-state index in [0.717, 1.165) is 57.7 Å². The third-order valence-corrected chi connectivity index (χ3v) is 4.80. The minimum absolute atomic E-state index is 0.221. The number of rotatable bonds is 4. The van der Waals surface area contributed by atoms with E-state index < -0.39 is 5.60 Å². The molecule has 2 aliphatic rings. The van der Waals surface area contributed by atoms with Crippen LogP contribution in [0.3, 0.4) is 0 Å². The van der Waals surface area contributed by atoms with Crippen molar-refractivity contribution in [3.8, 4) is 0 Å². The highest BCUT2D eigenvalue weighted by Crippen LogP contribution is 2.31. The summed E-state index contributed by atoms with van der Waals surface area (Å²) in [5.74, 6) is 1.43. The smallest absolute Gasteiger partial charge is 0.137 e. The second-order valence-electron chi connectivity index (χ2n) is 6.93. The van der Waals surface area contributed by atoms with Crippen LogP contribution in [0.5, 0.6) is 0 Å². The van der Waals surface area contributed by atoms with E-state index in [0.29, 0.717) is 5.78 Å². The SMILES string of the molecule is CCCC1CCC(=O)C(CN2CCCC(C)(O)C2)C1. The summed E-state index contributed by atoms with van der Waals surface area (Å²) < 4.78 is 0. The van der Waals surface area contributed by atoms with Crippen LogP contribution in [0.2, 0.25) is 0 Å². The van der Waals surface area contributed by atoms with Crippen molar-refractivity contribution in [3.63, 3.8) is 0 Å². The van der Waals surface area contributed by atoms with Crippen LogP contribution in [0.25, 0.3) is 0 Å². The largest absolute Gasteiger partial charge is 0.389 e. The predicted molar refractivity (Wildman–Crippen MR) is 77.0 cm³/mol. The van der Waals surface area contributed by atoms with Gasteiger partial charge in [0.1, 0.15) is 5.78 Å². The zero-order valence-electron chi connectivity index (χ0n) is 12.5. The van der Waals surface area contributed by atoms with Crippen molar-refractivity contribution in [2.24, 2.45) is 11.8 Å². The standard InChI is InChI=1S/C16H29NO2/c1-3-5-13-6-7-15(18)14(10-13)11-17-9-4-8-16(2,19)12-17/h13-14,19H,3-12H2,1-2H3. The molecule has 2 fully saturated rings. The maximum Gasteiger partial charge on any atom is 0.137 e. The van der Waals surface area contributed by atoms with Gasteiger partial charge in [-0.2, -0.15) is 0 Å². The van der Waals surface area contributed by atoms with Crippen molar-refractivity contribution >= 4 is 5.78 Å². The fourth-order valence-corrected chi connectivity index (χ4v) is 3.84. The molecular formula is C16H29NO2. The Morgan fingerprint density at radius 3 is 2.95 bits per heavy atom. The molecule has 1 saturated heterocycles. The molecule has 1 aliphatic heterocycles. The van der Waals surface area contributed by atoms with E-state index in [2.05, 4.69) is 11.8 Å². The van der Waals surface area contributed by atoms with E-state index in [9.17, 15) is 9.90 Å². The van der Waals surface area contributed by atoms with E-state index in [1.165, 1.54) is 12.8 Å². The molecule has 0 bridgehead atoms. The molecule has 3 unspecified atom stereocenters. The summed E-state index contributed by atoms with van der Waals surface area (Å²) in [5.41, 5.74) is -0.557. The predicted octanol–water partition coefficient (Wildman–Crippen LogP) is 2.62. The summed E-state index contributed by atoms with van der Waals surface area (Å²) in [7, 11) is 0. The molecule has 1 saturated carbocycles. The molecule has 3 atom stereocenters. The quantitative estimate of drug-likeness (QED) is 0.851. The van der Waals surface area contributed by atoms with Gasteiger partial charge >= 0.3 is 0 Å². The molecule has 2 rings (SSSR count). The van der Waals surface area contributed by atoms with Crippen molar-refractivity contribution in [2.75, 3.05) is 19.6 Å². The van der Waals surface area contributed by atoms with Crippen molar-refractivity contribution in [3.05, 3.63) is 0 Å². The van der Waals surface area contributed by atoms with Gasteiger partial charge in [0.15, 0.2) is 0 Å². The zero-order chi connectivity index (χ0) is 13.9. The average molecular weight is 267 g/mol. The topological polar surface area (TPSA) is 40.5 Å². The molecule has 0 aromatic heterocycles. The Kier molecular flexibility index (Phi) is 5.02. The van der Waals surface area contributed by atoms with Crippen LogP contribution in [0.4, 0.5) is 0 Å². The summed E-state index contributed by atoms with van der Waals surface area (Å²) >= 11 is 0. The van der Waals surface area contributed by atoms with Gasteiger partial charge in [0, 0.05) is 25.4 Å². The number of β-amino-alcohol motifs (C(OH)–C–C–N with tert-alkyl or cyclic N) is 1. The van der Waals surface area contributed by atoms with E-state index in [1.807, 2.05) is 6.92 Å². The van der Waals surface area contributed by atoms with Crippen LogP contribution in [-0.2, 0) is 4.79 Å². The highest BCUT2D eigenvalue weighted by molar-refractivity contribution is 5.81. The van der Waals surface area contributed by atoms with Crippen LogP contribution in [-0.4, -0.2) is 41.0 Å². The van der Waals surface area contributed by atoms with E-state index in [1.54, 1.807) is 0 Å². The number of hydrogen-bond donors (Lipinski definition) is 1. The van der Waals surface area contributed by atoms with Crippen molar-refractivity contribution in [1.82, 2.24) is 4.90 Å². The van der Waals surface area contributed by atoms with Gasteiger partial charge < -0.3 is 5.11 Å². The molecule has 0 amide bonds.